The van der Waals surface area contributed by atoms with Crippen LogP contribution in [0.3, 0.4) is 0 Å². The minimum Gasteiger partial charge on any atom is -0.385 e. The zero-order chi connectivity index (χ0) is 11.5. The lowest BCUT2D eigenvalue weighted by Gasteiger charge is -2.24. The molecule has 1 saturated heterocycles. The third-order valence-corrected chi connectivity index (χ3v) is 4.00. The molecule has 2 aliphatic heterocycles. The van der Waals surface area contributed by atoms with Gasteiger partial charge in [-0.25, -0.2) is 0 Å². The number of rotatable bonds is 2. The molecule has 92 valence electrons. The fourth-order valence-electron chi connectivity index (χ4n) is 3.04. The maximum absolute atomic E-state index is 3.63. The van der Waals surface area contributed by atoms with Crippen molar-refractivity contribution in [2.24, 2.45) is 0 Å². The molecule has 1 aromatic rings. The van der Waals surface area contributed by atoms with E-state index in [0.717, 1.165) is 6.54 Å². The van der Waals surface area contributed by atoms with Crippen molar-refractivity contribution in [3.63, 3.8) is 0 Å². The Kier molecular flexibility index (Phi) is 3.32. The first-order valence-corrected chi connectivity index (χ1v) is 7.01. The number of benzene rings is 1. The lowest BCUT2D eigenvalue weighted by molar-refractivity contribution is 0.399. The minimum atomic E-state index is 0.707. The first kappa shape index (κ1) is 11.1. The smallest absolute Gasteiger partial charge is 0.0372 e. The lowest BCUT2D eigenvalue weighted by Crippen LogP contribution is -2.35. The number of hydrogen-bond acceptors (Lipinski definition) is 2. The van der Waals surface area contributed by atoms with Crippen LogP contribution >= 0.6 is 0 Å². The first-order chi connectivity index (χ1) is 8.42. The molecule has 1 atom stereocenters. The predicted octanol–water partition coefficient (Wildman–Crippen LogP) is 2.73. The van der Waals surface area contributed by atoms with Gasteiger partial charge in [-0.1, -0.05) is 18.6 Å². The molecule has 0 aliphatic carbocycles. The van der Waals surface area contributed by atoms with Crippen LogP contribution < -0.4 is 10.6 Å². The van der Waals surface area contributed by atoms with Gasteiger partial charge in [-0.3, -0.25) is 0 Å². The van der Waals surface area contributed by atoms with E-state index in [2.05, 4.69) is 28.8 Å². The Morgan fingerprint density at radius 3 is 3.00 bits per heavy atom. The molecule has 2 heterocycles. The Hall–Kier alpha value is -1.02. The molecule has 0 saturated carbocycles. The number of aryl methyl sites for hydroxylation is 1. The molecule has 0 bridgehead atoms. The van der Waals surface area contributed by atoms with E-state index in [1.165, 1.54) is 61.9 Å². The van der Waals surface area contributed by atoms with E-state index in [4.69, 9.17) is 0 Å². The Bertz CT molecular complexity index is 381. The Balaban J connectivity index is 1.70. The van der Waals surface area contributed by atoms with Crippen molar-refractivity contribution in [3.8, 4) is 0 Å². The number of anilines is 1. The van der Waals surface area contributed by atoms with E-state index >= 15 is 0 Å². The highest BCUT2D eigenvalue weighted by Gasteiger charge is 2.14. The monoisotopic (exact) mass is 230 g/mol. The van der Waals surface area contributed by atoms with Crippen molar-refractivity contribution in [1.82, 2.24) is 5.32 Å². The van der Waals surface area contributed by atoms with Crippen LogP contribution in [0.5, 0.6) is 0 Å². The second-order valence-corrected chi connectivity index (χ2v) is 5.37. The third kappa shape index (κ3) is 2.63. The fourth-order valence-corrected chi connectivity index (χ4v) is 3.04. The minimum absolute atomic E-state index is 0.707. The van der Waals surface area contributed by atoms with Crippen LogP contribution in [0.4, 0.5) is 5.69 Å². The molecule has 0 radical (unpaired) electrons. The van der Waals surface area contributed by atoms with Gasteiger partial charge in [-0.2, -0.15) is 0 Å². The summed E-state index contributed by atoms with van der Waals surface area (Å²) >= 11 is 0. The van der Waals surface area contributed by atoms with Gasteiger partial charge in [-0.05, 0) is 55.8 Å². The average molecular weight is 230 g/mol. The maximum atomic E-state index is 3.63. The second kappa shape index (κ2) is 5.09. The fraction of sp³-hybridized carbons (Fsp3) is 0.600. The van der Waals surface area contributed by atoms with Gasteiger partial charge in [0.15, 0.2) is 0 Å². The molecular formula is C15H22N2. The zero-order valence-electron chi connectivity index (χ0n) is 10.5. The summed E-state index contributed by atoms with van der Waals surface area (Å²) in [5, 5.41) is 7.11. The van der Waals surface area contributed by atoms with Crippen molar-refractivity contribution < 1.29 is 0 Å². The van der Waals surface area contributed by atoms with Crippen LogP contribution in [-0.4, -0.2) is 19.1 Å². The van der Waals surface area contributed by atoms with E-state index in [0.29, 0.717) is 6.04 Å². The molecule has 0 spiro atoms. The summed E-state index contributed by atoms with van der Waals surface area (Å²) in [6.45, 7) is 2.34. The van der Waals surface area contributed by atoms with Crippen molar-refractivity contribution in [1.29, 1.82) is 0 Å². The van der Waals surface area contributed by atoms with E-state index in [1.807, 2.05) is 0 Å². The topological polar surface area (TPSA) is 24.1 Å². The van der Waals surface area contributed by atoms with E-state index in [1.54, 1.807) is 0 Å². The van der Waals surface area contributed by atoms with Gasteiger partial charge in [0.25, 0.3) is 0 Å². The molecule has 2 nitrogen and oxygen atoms in total. The van der Waals surface area contributed by atoms with Crippen LogP contribution in [0.1, 0.15) is 36.8 Å². The largest absolute Gasteiger partial charge is 0.385 e. The molecule has 1 fully saturated rings. The number of fused-ring (bicyclic) bond motifs is 1. The van der Waals surface area contributed by atoms with Crippen LogP contribution in [-0.2, 0) is 12.8 Å². The van der Waals surface area contributed by atoms with Crippen molar-refractivity contribution in [3.05, 3.63) is 29.3 Å². The zero-order valence-corrected chi connectivity index (χ0v) is 10.5. The first-order valence-electron chi connectivity index (χ1n) is 7.01. The lowest BCUT2D eigenvalue weighted by atomic mass is 9.94. The van der Waals surface area contributed by atoms with E-state index in [-0.39, 0.29) is 0 Å². The molecule has 3 rings (SSSR count). The highest BCUT2D eigenvalue weighted by atomic mass is 14.9. The molecule has 2 heteroatoms. The van der Waals surface area contributed by atoms with E-state index < -0.39 is 0 Å². The highest BCUT2D eigenvalue weighted by Crippen LogP contribution is 2.24. The molecule has 0 aromatic heterocycles. The third-order valence-electron chi connectivity index (χ3n) is 4.00. The van der Waals surface area contributed by atoms with Gasteiger partial charge < -0.3 is 10.6 Å². The second-order valence-electron chi connectivity index (χ2n) is 5.37. The van der Waals surface area contributed by atoms with Crippen molar-refractivity contribution in [2.75, 3.05) is 18.4 Å². The summed E-state index contributed by atoms with van der Waals surface area (Å²) in [4.78, 5) is 0. The molecule has 0 amide bonds. The van der Waals surface area contributed by atoms with Gasteiger partial charge in [-0.15, -0.1) is 0 Å². The maximum Gasteiger partial charge on any atom is 0.0372 e. The highest BCUT2D eigenvalue weighted by molar-refractivity contribution is 5.54. The molecular weight excluding hydrogens is 208 g/mol. The van der Waals surface area contributed by atoms with Gasteiger partial charge in [0.05, 0.1) is 0 Å². The summed E-state index contributed by atoms with van der Waals surface area (Å²) in [7, 11) is 0. The molecule has 2 N–H and O–H groups in total. The summed E-state index contributed by atoms with van der Waals surface area (Å²) in [6.07, 6.45) is 7.81. The molecule has 1 unspecified atom stereocenters. The van der Waals surface area contributed by atoms with Crippen LogP contribution in [0.15, 0.2) is 18.2 Å². The van der Waals surface area contributed by atoms with Crippen molar-refractivity contribution >= 4 is 5.69 Å². The van der Waals surface area contributed by atoms with Crippen LogP contribution in [0, 0.1) is 0 Å². The quantitative estimate of drug-likeness (QED) is 0.816. The Morgan fingerprint density at radius 2 is 2.12 bits per heavy atom. The summed E-state index contributed by atoms with van der Waals surface area (Å²) < 4.78 is 0. The molecule has 1 aromatic carbocycles. The number of piperidine rings is 1. The molecule has 2 aliphatic rings. The van der Waals surface area contributed by atoms with Gasteiger partial charge in [0.2, 0.25) is 0 Å². The summed E-state index contributed by atoms with van der Waals surface area (Å²) in [5.74, 6) is 0. The summed E-state index contributed by atoms with van der Waals surface area (Å²) in [6, 6.07) is 7.69. The van der Waals surface area contributed by atoms with E-state index in [9.17, 15) is 0 Å². The van der Waals surface area contributed by atoms with Crippen LogP contribution in [0.2, 0.25) is 0 Å². The van der Waals surface area contributed by atoms with Gasteiger partial charge >= 0.3 is 0 Å². The number of hydrogen-bond donors (Lipinski definition) is 2. The Morgan fingerprint density at radius 1 is 1.12 bits per heavy atom. The normalized spacial score (nSPS) is 23.9. The average Bonchev–Trinajstić information content (AvgIpc) is 2.40. The van der Waals surface area contributed by atoms with Crippen LogP contribution in [0.25, 0.3) is 0 Å². The van der Waals surface area contributed by atoms with Gasteiger partial charge in [0.1, 0.15) is 0 Å². The van der Waals surface area contributed by atoms with Gasteiger partial charge in [0, 0.05) is 18.3 Å². The number of nitrogens with one attached hydrogen (secondary N) is 2. The van der Waals surface area contributed by atoms with Crippen molar-refractivity contribution in [2.45, 2.75) is 44.6 Å². The Labute approximate surface area is 104 Å². The molecule has 17 heavy (non-hydrogen) atoms. The SMILES string of the molecule is c1cc2c(cc1CC1CCCCN1)CCCN2. The standard InChI is InChI=1S/C15H22N2/c1-2-8-16-14(5-1)11-12-6-7-15-13(10-12)4-3-9-17-15/h6-7,10,14,16-17H,1-5,8-9,11H2. The predicted molar refractivity (Wildman–Crippen MR) is 72.6 cm³/mol. The summed E-state index contributed by atoms with van der Waals surface area (Å²) in [5.41, 5.74) is 4.38.